The molecule has 0 spiro atoms. The van der Waals surface area contributed by atoms with Crippen molar-refractivity contribution in [3.63, 3.8) is 0 Å². The van der Waals surface area contributed by atoms with Gasteiger partial charge in [0.25, 0.3) is 5.69 Å². The van der Waals surface area contributed by atoms with Crippen molar-refractivity contribution in [3.05, 3.63) is 40.6 Å². The van der Waals surface area contributed by atoms with Gasteiger partial charge in [-0.05, 0) is 32.2 Å². The Labute approximate surface area is 127 Å². The van der Waals surface area contributed by atoms with E-state index in [1.165, 1.54) is 30.5 Å². The molecule has 1 heterocycles. The number of hydrogen-bond donors (Lipinski definition) is 2. The van der Waals surface area contributed by atoms with Gasteiger partial charge in [0.15, 0.2) is 0 Å². The van der Waals surface area contributed by atoms with Gasteiger partial charge in [-0.15, -0.1) is 0 Å². The number of nitro benzene ring substituents is 1. The largest absolute Gasteiger partial charge is 0.316 e. The number of nitrogens with zero attached hydrogens (tertiary/aromatic N) is 2. The van der Waals surface area contributed by atoms with Crippen molar-refractivity contribution in [2.75, 3.05) is 13.6 Å². The van der Waals surface area contributed by atoms with E-state index in [1.54, 1.807) is 7.05 Å². The molecule has 0 radical (unpaired) electrons. The first-order valence-corrected chi connectivity index (χ1v) is 8.04. The fourth-order valence-electron chi connectivity index (χ4n) is 1.92. The van der Waals surface area contributed by atoms with Crippen molar-refractivity contribution in [1.82, 2.24) is 15.0 Å². The van der Waals surface area contributed by atoms with Crippen LogP contribution in [0, 0.1) is 10.1 Å². The van der Waals surface area contributed by atoms with Crippen LogP contribution >= 0.6 is 0 Å². The Balaban J connectivity index is 2.53. The number of nitrogens with one attached hydrogen (secondary N) is 2. The van der Waals surface area contributed by atoms with Crippen LogP contribution in [0.2, 0.25) is 0 Å². The maximum atomic E-state index is 12.4. The lowest BCUT2D eigenvalue weighted by Gasteiger charge is -2.13. The van der Waals surface area contributed by atoms with E-state index in [0.29, 0.717) is 0 Å². The minimum absolute atomic E-state index is 0.0490. The average Bonchev–Trinajstić information content (AvgIpc) is 2.51. The molecule has 0 aliphatic rings. The fourth-order valence-corrected chi connectivity index (χ4v) is 3.21. The molecule has 1 aromatic heterocycles. The molecule has 1 aromatic carbocycles. The highest BCUT2D eigenvalue weighted by Crippen LogP contribution is 2.29. The molecule has 0 saturated carbocycles. The molecule has 1 atom stereocenters. The lowest BCUT2D eigenvalue weighted by molar-refractivity contribution is -0.383. The third-order valence-electron chi connectivity index (χ3n) is 3.27. The van der Waals surface area contributed by atoms with Gasteiger partial charge >= 0.3 is 0 Å². The molecule has 118 valence electrons. The van der Waals surface area contributed by atoms with Crippen LogP contribution in [0.5, 0.6) is 0 Å². The normalized spacial score (nSPS) is 13.2. The molecule has 0 aliphatic carbocycles. The molecule has 2 aromatic rings. The number of benzene rings is 1. The van der Waals surface area contributed by atoms with Crippen LogP contribution in [0.1, 0.15) is 6.92 Å². The van der Waals surface area contributed by atoms with E-state index in [4.69, 9.17) is 0 Å². The average molecular weight is 324 g/mol. The van der Waals surface area contributed by atoms with E-state index in [9.17, 15) is 18.5 Å². The Bertz CT molecular complexity index is 807. The maximum absolute atomic E-state index is 12.4. The highest BCUT2D eigenvalue weighted by atomic mass is 32.2. The Kier molecular flexibility index (Phi) is 4.69. The van der Waals surface area contributed by atoms with Crippen LogP contribution in [0.4, 0.5) is 5.69 Å². The number of sulfonamides is 1. The predicted octanol–water partition coefficient (Wildman–Crippen LogP) is 1.03. The number of nitro groups is 1. The lowest BCUT2D eigenvalue weighted by atomic mass is 10.2. The third kappa shape index (κ3) is 3.21. The van der Waals surface area contributed by atoms with Gasteiger partial charge in [0.05, 0.1) is 15.8 Å². The van der Waals surface area contributed by atoms with E-state index < -0.39 is 14.9 Å². The van der Waals surface area contributed by atoms with Gasteiger partial charge in [-0.2, -0.15) is 0 Å². The Morgan fingerprint density at radius 2 is 2.09 bits per heavy atom. The van der Waals surface area contributed by atoms with E-state index in [2.05, 4.69) is 15.0 Å². The number of rotatable bonds is 6. The number of hydrogen-bond acceptors (Lipinski definition) is 6. The molecule has 2 rings (SSSR count). The summed E-state index contributed by atoms with van der Waals surface area (Å²) in [6, 6.07) is 5.35. The minimum atomic E-state index is -3.81. The zero-order valence-electron chi connectivity index (χ0n) is 12.1. The molecule has 0 bridgehead atoms. The summed E-state index contributed by atoms with van der Waals surface area (Å²) >= 11 is 0. The van der Waals surface area contributed by atoms with E-state index in [1.807, 2.05) is 6.92 Å². The molecule has 0 aliphatic heterocycles. The SMILES string of the molecule is CNC(C)CNS(=O)(=O)c1ccc([N+](=O)[O-])c2cccnc12. The quantitative estimate of drug-likeness (QED) is 0.606. The number of fused-ring (bicyclic) bond motifs is 1. The summed E-state index contributed by atoms with van der Waals surface area (Å²) in [5, 5.41) is 14.1. The predicted molar refractivity (Wildman–Crippen MR) is 82.1 cm³/mol. The summed E-state index contributed by atoms with van der Waals surface area (Å²) in [4.78, 5) is 14.4. The second-order valence-corrected chi connectivity index (χ2v) is 6.52. The molecule has 1 unspecified atom stereocenters. The van der Waals surface area contributed by atoms with Gasteiger partial charge in [0.2, 0.25) is 10.0 Å². The van der Waals surface area contributed by atoms with Gasteiger partial charge in [0.1, 0.15) is 4.90 Å². The Hall–Kier alpha value is -2.10. The second-order valence-electron chi connectivity index (χ2n) is 4.78. The first-order valence-electron chi connectivity index (χ1n) is 6.56. The van der Waals surface area contributed by atoms with Crippen molar-refractivity contribution in [2.24, 2.45) is 0 Å². The van der Waals surface area contributed by atoms with Crippen LogP contribution in [0.3, 0.4) is 0 Å². The molecule has 2 N–H and O–H groups in total. The van der Waals surface area contributed by atoms with E-state index >= 15 is 0 Å². The van der Waals surface area contributed by atoms with Crippen LogP contribution in [0.15, 0.2) is 35.4 Å². The van der Waals surface area contributed by atoms with Crippen molar-refractivity contribution in [2.45, 2.75) is 17.9 Å². The molecular weight excluding hydrogens is 308 g/mol. The van der Waals surface area contributed by atoms with Crippen molar-refractivity contribution in [1.29, 1.82) is 0 Å². The van der Waals surface area contributed by atoms with Crippen LogP contribution in [-0.2, 0) is 10.0 Å². The fraction of sp³-hybridized carbons (Fsp3) is 0.308. The number of aromatic nitrogens is 1. The molecule has 0 amide bonds. The first-order chi connectivity index (χ1) is 10.4. The molecule has 0 fully saturated rings. The summed E-state index contributed by atoms with van der Waals surface area (Å²) in [5.74, 6) is 0. The smallest absolute Gasteiger partial charge is 0.278 e. The molecule has 22 heavy (non-hydrogen) atoms. The minimum Gasteiger partial charge on any atom is -0.316 e. The number of non-ortho nitro benzene ring substituents is 1. The van der Waals surface area contributed by atoms with Gasteiger partial charge in [-0.1, -0.05) is 0 Å². The summed E-state index contributed by atoms with van der Waals surface area (Å²) in [6.07, 6.45) is 1.40. The Morgan fingerprint density at radius 3 is 2.73 bits per heavy atom. The first kappa shape index (κ1) is 16.3. The topological polar surface area (TPSA) is 114 Å². The molecule has 9 heteroatoms. The lowest BCUT2D eigenvalue weighted by Crippen LogP contribution is -2.37. The van der Waals surface area contributed by atoms with Crippen molar-refractivity contribution in [3.8, 4) is 0 Å². The standard InChI is InChI=1S/C13H16N4O4S/c1-9(14-2)8-16-22(20,21)12-6-5-11(17(18)19)10-4-3-7-15-13(10)12/h3-7,9,14,16H,8H2,1-2H3. The highest BCUT2D eigenvalue weighted by Gasteiger charge is 2.23. The van der Waals surface area contributed by atoms with Gasteiger partial charge < -0.3 is 5.32 Å². The number of pyridine rings is 1. The molecular formula is C13H16N4O4S. The van der Waals surface area contributed by atoms with Crippen LogP contribution in [-0.4, -0.2) is 38.0 Å². The van der Waals surface area contributed by atoms with E-state index in [-0.39, 0.29) is 34.1 Å². The van der Waals surface area contributed by atoms with Gasteiger partial charge in [-0.3, -0.25) is 15.1 Å². The van der Waals surface area contributed by atoms with Gasteiger partial charge in [-0.25, -0.2) is 13.1 Å². The summed E-state index contributed by atoms with van der Waals surface area (Å²) in [6.45, 7) is 2.03. The summed E-state index contributed by atoms with van der Waals surface area (Å²) in [7, 11) is -2.09. The zero-order chi connectivity index (χ0) is 16.3. The molecule has 8 nitrogen and oxygen atoms in total. The zero-order valence-corrected chi connectivity index (χ0v) is 12.9. The summed E-state index contributed by atoms with van der Waals surface area (Å²) in [5.41, 5.74) is -0.0908. The maximum Gasteiger partial charge on any atom is 0.278 e. The van der Waals surface area contributed by atoms with Gasteiger partial charge in [0, 0.05) is 24.8 Å². The monoisotopic (exact) mass is 324 g/mol. The van der Waals surface area contributed by atoms with Crippen LogP contribution < -0.4 is 10.0 Å². The van der Waals surface area contributed by atoms with E-state index in [0.717, 1.165) is 0 Å². The number of likely N-dealkylation sites (N-methyl/N-ethyl adjacent to an activating group) is 1. The van der Waals surface area contributed by atoms with Crippen molar-refractivity contribution < 1.29 is 13.3 Å². The second kappa shape index (κ2) is 6.34. The van der Waals surface area contributed by atoms with Crippen molar-refractivity contribution >= 4 is 26.6 Å². The third-order valence-corrected chi connectivity index (χ3v) is 4.72. The Morgan fingerprint density at radius 1 is 1.36 bits per heavy atom. The summed E-state index contributed by atoms with van der Waals surface area (Å²) < 4.78 is 27.3. The molecule has 0 saturated heterocycles. The van der Waals surface area contributed by atoms with Crippen LogP contribution in [0.25, 0.3) is 10.9 Å². The highest BCUT2D eigenvalue weighted by molar-refractivity contribution is 7.89.